The number of halogens is 1. The van der Waals surface area contributed by atoms with Crippen LogP contribution in [0, 0.1) is 10.1 Å². The summed E-state index contributed by atoms with van der Waals surface area (Å²) in [4.78, 5) is 36.5. The summed E-state index contributed by atoms with van der Waals surface area (Å²) in [7, 11) is 0. The quantitative estimate of drug-likeness (QED) is 0.465. The lowest BCUT2D eigenvalue weighted by Crippen LogP contribution is -2.38. The number of anilines is 1. The molecule has 1 amide bonds. The van der Waals surface area contributed by atoms with Crippen LogP contribution in [-0.2, 0) is 16.0 Å². The van der Waals surface area contributed by atoms with Crippen molar-refractivity contribution in [3.8, 4) is 0 Å². The molecule has 0 fully saturated rings. The maximum atomic E-state index is 12.5. The van der Waals surface area contributed by atoms with Gasteiger partial charge in [-0.1, -0.05) is 29.8 Å². The van der Waals surface area contributed by atoms with Crippen LogP contribution in [0.5, 0.6) is 0 Å². The monoisotopic (exact) mass is 374 g/mol. The van der Waals surface area contributed by atoms with Gasteiger partial charge in [0, 0.05) is 23.9 Å². The highest BCUT2D eigenvalue weighted by Gasteiger charge is 2.31. The summed E-state index contributed by atoms with van der Waals surface area (Å²) in [5.41, 5.74) is 1.43. The average molecular weight is 375 g/mol. The van der Waals surface area contributed by atoms with E-state index in [-0.39, 0.29) is 28.2 Å². The summed E-state index contributed by atoms with van der Waals surface area (Å²) in [6.45, 7) is 1.44. The van der Waals surface area contributed by atoms with Crippen LogP contribution in [0.1, 0.15) is 22.8 Å². The SMILES string of the molecule is CC1Cc2ccccc2N1C(=O)COC(=O)c1cc([N+](=O)[O-])ccc1Cl. The van der Waals surface area contributed by atoms with Gasteiger partial charge in [0.15, 0.2) is 6.61 Å². The molecule has 0 aliphatic carbocycles. The number of fused-ring (bicyclic) bond motifs is 1. The minimum atomic E-state index is -0.882. The number of nitro benzene ring substituents is 1. The Morgan fingerprint density at radius 1 is 1.31 bits per heavy atom. The lowest BCUT2D eigenvalue weighted by Gasteiger charge is -2.22. The third-order valence-corrected chi connectivity index (χ3v) is 4.51. The zero-order valence-electron chi connectivity index (χ0n) is 13.8. The van der Waals surface area contributed by atoms with Gasteiger partial charge in [-0.05, 0) is 31.0 Å². The van der Waals surface area contributed by atoms with Gasteiger partial charge in [-0.3, -0.25) is 14.9 Å². The number of ether oxygens (including phenoxy) is 1. The molecular formula is C18H15ClN2O5. The number of esters is 1. The number of hydrogen-bond donors (Lipinski definition) is 0. The molecule has 3 rings (SSSR count). The van der Waals surface area contributed by atoms with E-state index in [9.17, 15) is 19.7 Å². The fourth-order valence-electron chi connectivity index (χ4n) is 3.00. The van der Waals surface area contributed by atoms with Crippen LogP contribution in [0.15, 0.2) is 42.5 Å². The Bertz CT molecular complexity index is 899. The Morgan fingerprint density at radius 3 is 2.77 bits per heavy atom. The number of nitrogens with zero attached hydrogens (tertiary/aromatic N) is 2. The summed E-state index contributed by atoms with van der Waals surface area (Å²) in [5.74, 6) is -1.25. The molecule has 0 saturated carbocycles. The van der Waals surface area contributed by atoms with Crippen molar-refractivity contribution in [1.29, 1.82) is 0 Å². The smallest absolute Gasteiger partial charge is 0.340 e. The topological polar surface area (TPSA) is 89.8 Å². The highest BCUT2D eigenvalue weighted by atomic mass is 35.5. The standard InChI is InChI=1S/C18H15ClN2O5/c1-11-8-12-4-2-3-5-16(12)20(11)17(22)10-26-18(23)14-9-13(21(24)25)6-7-15(14)19/h2-7,9,11H,8,10H2,1H3. The molecule has 0 aromatic heterocycles. The number of hydrogen-bond acceptors (Lipinski definition) is 5. The van der Waals surface area contributed by atoms with Gasteiger partial charge in [0.25, 0.3) is 11.6 Å². The van der Waals surface area contributed by atoms with Gasteiger partial charge < -0.3 is 9.64 Å². The van der Waals surface area contributed by atoms with E-state index in [1.807, 2.05) is 31.2 Å². The van der Waals surface area contributed by atoms with Crippen molar-refractivity contribution in [2.75, 3.05) is 11.5 Å². The van der Waals surface area contributed by atoms with Crippen molar-refractivity contribution < 1.29 is 19.2 Å². The molecule has 1 aliphatic heterocycles. The van der Waals surface area contributed by atoms with Gasteiger partial charge in [-0.15, -0.1) is 0 Å². The molecule has 7 nitrogen and oxygen atoms in total. The maximum absolute atomic E-state index is 12.5. The number of benzene rings is 2. The molecule has 0 N–H and O–H groups in total. The van der Waals surface area contributed by atoms with Crippen LogP contribution < -0.4 is 4.90 Å². The Kier molecular flexibility index (Phi) is 4.90. The van der Waals surface area contributed by atoms with E-state index in [4.69, 9.17) is 16.3 Å². The van der Waals surface area contributed by atoms with Crippen LogP contribution in [0.3, 0.4) is 0 Å². The minimum absolute atomic E-state index is 0.0212. The highest BCUT2D eigenvalue weighted by Crippen LogP contribution is 2.32. The molecule has 2 aromatic rings. The fourth-order valence-corrected chi connectivity index (χ4v) is 3.20. The largest absolute Gasteiger partial charge is 0.452 e. The Morgan fingerprint density at radius 2 is 2.04 bits per heavy atom. The molecule has 2 aromatic carbocycles. The average Bonchev–Trinajstić information content (AvgIpc) is 2.95. The molecule has 1 atom stereocenters. The Balaban J connectivity index is 1.71. The van der Waals surface area contributed by atoms with Crippen molar-refractivity contribution in [2.45, 2.75) is 19.4 Å². The van der Waals surface area contributed by atoms with Gasteiger partial charge >= 0.3 is 5.97 Å². The van der Waals surface area contributed by atoms with E-state index in [2.05, 4.69) is 0 Å². The van der Waals surface area contributed by atoms with Crippen molar-refractivity contribution >= 4 is 34.9 Å². The van der Waals surface area contributed by atoms with Crippen molar-refractivity contribution in [3.05, 3.63) is 68.7 Å². The van der Waals surface area contributed by atoms with Gasteiger partial charge in [-0.25, -0.2) is 4.79 Å². The fraction of sp³-hybridized carbons (Fsp3) is 0.222. The van der Waals surface area contributed by atoms with E-state index in [1.54, 1.807) is 4.90 Å². The van der Waals surface area contributed by atoms with Crippen LogP contribution >= 0.6 is 11.6 Å². The second-order valence-corrected chi connectivity index (χ2v) is 6.35. The number of carbonyl (C=O) groups excluding carboxylic acids is 2. The second-order valence-electron chi connectivity index (χ2n) is 5.94. The van der Waals surface area contributed by atoms with E-state index in [0.717, 1.165) is 23.7 Å². The number of rotatable bonds is 4. The molecule has 0 radical (unpaired) electrons. The summed E-state index contributed by atoms with van der Waals surface area (Å²) in [5, 5.41) is 10.9. The first-order chi connectivity index (χ1) is 12.4. The Hall–Kier alpha value is -2.93. The first kappa shape index (κ1) is 17.9. The van der Waals surface area contributed by atoms with Gasteiger partial charge in [0.1, 0.15) is 0 Å². The number of amides is 1. The molecule has 134 valence electrons. The van der Waals surface area contributed by atoms with E-state index in [0.29, 0.717) is 0 Å². The number of carbonyl (C=O) groups is 2. The molecule has 0 bridgehead atoms. The zero-order chi connectivity index (χ0) is 18.8. The third kappa shape index (κ3) is 3.39. The predicted molar refractivity (Wildman–Crippen MR) is 95.5 cm³/mol. The van der Waals surface area contributed by atoms with Crippen LogP contribution in [-0.4, -0.2) is 29.4 Å². The van der Waals surface area contributed by atoms with E-state index >= 15 is 0 Å². The van der Waals surface area contributed by atoms with Crippen LogP contribution in [0.2, 0.25) is 5.02 Å². The zero-order valence-corrected chi connectivity index (χ0v) is 14.6. The Labute approximate surface area is 154 Å². The number of nitro groups is 1. The maximum Gasteiger partial charge on any atom is 0.340 e. The highest BCUT2D eigenvalue weighted by molar-refractivity contribution is 6.33. The van der Waals surface area contributed by atoms with Crippen LogP contribution in [0.25, 0.3) is 0 Å². The van der Waals surface area contributed by atoms with Crippen LogP contribution in [0.4, 0.5) is 11.4 Å². The number of non-ortho nitro benzene ring substituents is 1. The van der Waals surface area contributed by atoms with Gasteiger partial charge in [0.2, 0.25) is 0 Å². The van der Waals surface area contributed by atoms with E-state index < -0.39 is 17.5 Å². The second kappa shape index (κ2) is 7.13. The molecule has 1 heterocycles. The molecule has 1 unspecified atom stereocenters. The summed E-state index contributed by atoms with van der Waals surface area (Å²) < 4.78 is 5.04. The van der Waals surface area contributed by atoms with Gasteiger partial charge in [0.05, 0.1) is 15.5 Å². The summed E-state index contributed by atoms with van der Waals surface area (Å²) >= 11 is 5.91. The molecule has 26 heavy (non-hydrogen) atoms. The molecular weight excluding hydrogens is 360 g/mol. The van der Waals surface area contributed by atoms with Crippen molar-refractivity contribution in [1.82, 2.24) is 0 Å². The summed E-state index contributed by atoms with van der Waals surface area (Å²) in [6, 6.07) is 11.0. The number of para-hydroxylation sites is 1. The first-order valence-corrected chi connectivity index (χ1v) is 8.27. The van der Waals surface area contributed by atoms with Gasteiger partial charge in [-0.2, -0.15) is 0 Å². The predicted octanol–water partition coefficient (Wildman–Crippen LogP) is 3.38. The van der Waals surface area contributed by atoms with Crippen molar-refractivity contribution in [2.24, 2.45) is 0 Å². The molecule has 8 heteroatoms. The lowest BCUT2D eigenvalue weighted by molar-refractivity contribution is -0.384. The minimum Gasteiger partial charge on any atom is -0.452 e. The van der Waals surface area contributed by atoms with E-state index in [1.165, 1.54) is 12.1 Å². The normalized spacial score (nSPS) is 15.5. The van der Waals surface area contributed by atoms with Crippen molar-refractivity contribution in [3.63, 3.8) is 0 Å². The lowest BCUT2D eigenvalue weighted by atomic mass is 10.1. The first-order valence-electron chi connectivity index (χ1n) is 7.89. The third-order valence-electron chi connectivity index (χ3n) is 4.18. The molecule has 1 aliphatic rings. The molecule has 0 spiro atoms. The molecule has 0 saturated heterocycles. The summed E-state index contributed by atoms with van der Waals surface area (Å²) in [6.07, 6.45) is 0.729.